The van der Waals surface area contributed by atoms with E-state index in [2.05, 4.69) is 0 Å². The first-order valence-electron chi connectivity index (χ1n) is 6.15. The monoisotopic (exact) mass is 266 g/mol. The van der Waals surface area contributed by atoms with Gasteiger partial charge < -0.3 is 8.83 Å². The van der Waals surface area contributed by atoms with Crippen LogP contribution in [-0.4, -0.2) is 5.78 Å². The van der Waals surface area contributed by atoms with E-state index in [4.69, 9.17) is 8.83 Å². The first-order chi connectivity index (χ1) is 9.84. The zero-order valence-corrected chi connectivity index (χ0v) is 10.8. The summed E-state index contributed by atoms with van der Waals surface area (Å²) in [6, 6.07) is 7.29. The number of rotatable bonds is 6. The van der Waals surface area contributed by atoms with Gasteiger partial charge in [-0.3, -0.25) is 4.79 Å². The van der Waals surface area contributed by atoms with E-state index in [9.17, 15) is 4.79 Å². The van der Waals surface area contributed by atoms with Gasteiger partial charge in [0.15, 0.2) is 5.78 Å². The Morgan fingerprint density at radius 1 is 0.800 bits per heavy atom. The lowest BCUT2D eigenvalue weighted by atomic mass is 10.3. The van der Waals surface area contributed by atoms with Gasteiger partial charge in [-0.1, -0.05) is 24.3 Å². The molecule has 0 radical (unpaired) electrons. The average Bonchev–Trinajstić information content (AvgIpc) is 3.13. The van der Waals surface area contributed by atoms with Crippen LogP contribution >= 0.6 is 0 Å². The molecule has 100 valence electrons. The molecule has 0 amide bonds. The van der Waals surface area contributed by atoms with E-state index in [1.807, 2.05) is 24.3 Å². The van der Waals surface area contributed by atoms with Crippen LogP contribution in [0.5, 0.6) is 0 Å². The Balaban J connectivity index is 1.77. The van der Waals surface area contributed by atoms with E-state index < -0.39 is 0 Å². The average molecular weight is 266 g/mol. The van der Waals surface area contributed by atoms with Gasteiger partial charge in [-0.2, -0.15) is 0 Å². The van der Waals surface area contributed by atoms with Crippen LogP contribution in [0, 0.1) is 0 Å². The summed E-state index contributed by atoms with van der Waals surface area (Å²) < 4.78 is 10.2. The number of ketones is 1. The molecule has 0 unspecified atom stereocenters. The highest BCUT2D eigenvalue weighted by molar-refractivity contribution is 5.99. The minimum atomic E-state index is -0.0850. The fraction of sp³-hybridized carbons (Fsp3) is 0. The Hall–Kier alpha value is -2.81. The minimum Gasteiger partial charge on any atom is -0.465 e. The molecule has 0 N–H and O–H groups in total. The van der Waals surface area contributed by atoms with E-state index in [-0.39, 0.29) is 5.78 Å². The van der Waals surface area contributed by atoms with Crippen molar-refractivity contribution in [3.8, 4) is 0 Å². The Kier molecular flexibility index (Phi) is 5.17. The molecule has 0 fully saturated rings. The van der Waals surface area contributed by atoms with Gasteiger partial charge in [-0.15, -0.1) is 0 Å². The molecule has 3 nitrogen and oxygen atoms in total. The van der Waals surface area contributed by atoms with Crippen LogP contribution in [0.25, 0.3) is 12.2 Å². The maximum absolute atomic E-state index is 11.5. The maximum Gasteiger partial charge on any atom is 0.178 e. The molecular formula is C17H14O3. The van der Waals surface area contributed by atoms with Crippen LogP contribution in [0.2, 0.25) is 0 Å². The number of carbonyl (C=O) groups excluding carboxylic acids is 1. The lowest BCUT2D eigenvalue weighted by molar-refractivity contribution is -0.110. The van der Waals surface area contributed by atoms with Crippen molar-refractivity contribution >= 4 is 17.9 Å². The fourth-order valence-corrected chi connectivity index (χ4v) is 1.43. The minimum absolute atomic E-state index is 0.0850. The molecule has 0 spiro atoms. The van der Waals surface area contributed by atoms with E-state index in [1.165, 1.54) is 12.2 Å². The third kappa shape index (κ3) is 4.82. The van der Waals surface area contributed by atoms with Crippen LogP contribution in [0.15, 0.2) is 82.1 Å². The van der Waals surface area contributed by atoms with Crippen molar-refractivity contribution in [1.29, 1.82) is 0 Å². The molecule has 20 heavy (non-hydrogen) atoms. The molecule has 0 saturated heterocycles. The van der Waals surface area contributed by atoms with Gasteiger partial charge in [0.25, 0.3) is 0 Å². The van der Waals surface area contributed by atoms with Crippen LogP contribution in [0.3, 0.4) is 0 Å². The molecule has 0 aliphatic carbocycles. The van der Waals surface area contributed by atoms with Crippen molar-refractivity contribution in [1.82, 2.24) is 0 Å². The lowest BCUT2D eigenvalue weighted by Gasteiger charge is -1.82. The number of allylic oxidation sites excluding steroid dienone is 6. The van der Waals surface area contributed by atoms with Gasteiger partial charge >= 0.3 is 0 Å². The molecule has 2 heterocycles. The molecule has 2 rings (SSSR count). The van der Waals surface area contributed by atoms with Crippen molar-refractivity contribution in [2.45, 2.75) is 0 Å². The van der Waals surface area contributed by atoms with Gasteiger partial charge in [-0.05, 0) is 48.6 Å². The second-order valence-corrected chi connectivity index (χ2v) is 3.87. The highest BCUT2D eigenvalue weighted by Crippen LogP contribution is 2.03. The summed E-state index contributed by atoms with van der Waals surface area (Å²) in [6.45, 7) is 0. The number of furan rings is 2. The third-order valence-electron chi connectivity index (χ3n) is 2.35. The molecule has 0 aliphatic heterocycles. The Morgan fingerprint density at radius 2 is 1.30 bits per heavy atom. The summed E-state index contributed by atoms with van der Waals surface area (Å²) in [7, 11) is 0. The van der Waals surface area contributed by atoms with Crippen LogP contribution < -0.4 is 0 Å². The summed E-state index contributed by atoms with van der Waals surface area (Å²) in [6.07, 6.45) is 16.6. The molecule has 0 bridgehead atoms. The van der Waals surface area contributed by atoms with Crippen LogP contribution in [-0.2, 0) is 4.79 Å². The van der Waals surface area contributed by atoms with Crippen molar-refractivity contribution in [3.63, 3.8) is 0 Å². The van der Waals surface area contributed by atoms with Crippen molar-refractivity contribution in [3.05, 3.63) is 84.8 Å². The van der Waals surface area contributed by atoms with E-state index >= 15 is 0 Å². The normalized spacial score (nSPS) is 12.4. The number of hydrogen-bond acceptors (Lipinski definition) is 3. The van der Waals surface area contributed by atoms with Crippen LogP contribution in [0.4, 0.5) is 0 Å². The third-order valence-corrected chi connectivity index (χ3v) is 2.35. The molecule has 0 atom stereocenters. The highest BCUT2D eigenvalue weighted by atomic mass is 16.3. The van der Waals surface area contributed by atoms with E-state index in [1.54, 1.807) is 49.0 Å². The highest BCUT2D eigenvalue weighted by Gasteiger charge is 1.87. The quantitative estimate of drug-likeness (QED) is 0.579. The molecular weight excluding hydrogens is 252 g/mol. The van der Waals surface area contributed by atoms with Gasteiger partial charge in [0.05, 0.1) is 12.5 Å². The zero-order chi connectivity index (χ0) is 14.0. The predicted octanol–water partition coefficient (Wildman–Crippen LogP) is 4.28. The van der Waals surface area contributed by atoms with E-state index in [0.717, 1.165) is 11.5 Å². The van der Waals surface area contributed by atoms with Crippen molar-refractivity contribution < 1.29 is 13.6 Å². The molecule has 0 aliphatic rings. The first kappa shape index (κ1) is 13.6. The predicted molar refractivity (Wildman–Crippen MR) is 78.8 cm³/mol. The lowest BCUT2D eigenvalue weighted by Crippen LogP contribution is -1.82. The molecule has 2 aromatic heterocycles. The van der Waals surface area contributed by atoms with Gasteiger partial charge in [0.1, 0.15) is 11.5 Å². The topological polar surface area (TPSA) is 43.4 Å². The molecule has 0 saturated carbocycles. The second-order valence-electron chi connectivity index (χ2n) is 3.87. The molecule has 2 aromatic rings. The van der Waals surface area contributed by atoms with Gasteiger partial charge in [-0.25, -0.2) is 0 Å². The maximum atomic E-state index is 11.5. The Morgan fingerprint density at radius 3 is 1.70 bits per heavy atom. The van der Waals surface area contributed by atoms with Crippen molar-refractivity contribution in [2.24, 2.45) is 0 Å². The smallest absolute Gasteiger partial charge is 0.178 e. The summed E-state index contributed by atoms with van der Waals surface area (Å²) in [5.74, 6) is 1.41. The summed E-state index contributed by atoms with van der Waals surface area (Å²) in [4.78, 5) is 11.5. The summed E-state index contributed by atoms with van der Waals surface area (Å²) in [5, 5.41) is 0. The number of hydrogen-bond donors (Lipinski definition) is 0. The largest absolute Gasteiger partial charge is 0.465 e. The van der Waals surface area contributed by atoms with Crippen LogP contribution in [0.1, 0.15) is 11.5 Å². The molecule has 3 heteroatoms. The molecule has 0 aromatic carbocycles. The summed E-state index contributed by atoms with van der Waals surface area (Å²) >= 11 is 0. The Labute approximate surface area is 117 Å². The first-order valence-corrected chi connectivity index (χ1v) is 6.15. The second kappa shape index (κ2) is 7.59. The zero-order valence-electron chi connectivity index (χ0n) is 10.8. The van der Waals surface area contributed by atoms with Gasteiger partial charge in [0.2, 0.25) is 0 Å². The number of carbonyl (C=O) groups is 1. The Bertz CT molecular complexity index is 568. The standard InChI is InChI=1S/C17H14O3/c18-15(7-1-3-9-16-11-5-13-19-16)8-2-4-10-17-12-6-14-20-17/h1-14H. The van der Waals surface area contributed by atoms with Crippen molar-refractivity contribution in [2.75, 3.05) is 0 Å². The van der Waals surface area contributed by atoms with E-state index in [0.29, 0.717) is 0 Å². The summed E-state index contributed by atoms with van der Waals surface area (Å²) in [5.41, 5.74) is 0. The SMILES string of the molecule is O=C(C=CC=Cc1ccco1)C=CC=Cc1ccco1. The van der Waals surface area contributed by atoms with Gasteiger partial charge in [0, 0.05) is 0 Å². The fourth-order valence-electron chi connectivity index (χ4n) is 1.43.